The maximum atomic E-state index is 12.2. The zero-order valence-electron chi connectivity index (χ0n) is 14.6. The number of anilines is 1. The second-order valence-corrected chi connectivity index (χ2v) is 6.99. The van der Waals surface area contributed by atoms with Gasteiger partial charge in [0.05, 0.1) is 12.9 Å². The number of methoxy groups -OCH3 is 1. The van der Waals surface area contributed by atoms with Gasteiger partial charge in [-0.25, -0.2) is 4.79 Å². The van der Waals surface area contributed by atoms with Crippen molar-refractivity contribution in [3.05, 3.63) is 63.5 Å². The molecule has 1 amide bonds. The normalized spacial score (nSPS) is 10.6. The van der Waals surface area contributed by atoms with Crippen LogP contribution in [-0.2, 0) is 4.79 Å². The summed E-state index contributed by atoms with van der Waals surface area (Å²) in [6.45, 7) is 1.88. The molecule has 2 N–H and O–H groups in total. The van der Waals surface area contributed by atoms with Crippen LogP contribution in [0.1, 0.15) is 5.56 Å². The molecule has 1 heterocycles. The van der Waals surface area contributed by atoms with Crippen molar-refractivity contribution in [2.45, 2.75) is 11.9 Å². The number of aromatic nitrogens is 2. The zero-order valence-corrected chi connectivity index (χ0v) is 16.2. The molecule has 2 aromatic carbocycles. The van der Waals surface area contributed by atoms with E-state index in [1.807, 2.05) is 13.0 Å². The maximum absolute atomic E-state index is 12.2. The van der Waals surface area contributed by atoms with Gasteiger partial charge in [0.2, 0.25) is 11.6 Å². The Labute approximate surface area is 164 Å². The first-order valence-corrected chi connectivity index (χ1v) is 9.31. The van der Waals surface area contributed by atoms with Crippen molar-refractivity contribution in [3.63, 3.8) is 0 Å². The summed E-state index contributed by atoms with van der Waals surface area (Å²) in [7, 11) is 1.57. The number of aromatic amines is 1. The van der Waals surface area contributed by atoms with E-state index in [9.17, 15) is 9.59 Å². The van der Waals surface area contributed by atoms with E-state index < -0.39 is 5.63 Å². The number of aryl methyl sites for hydroxylation is 1. The van der Waals surface area contributed by atoms with E-state index in [4.69, 9.17) is 20.9 Å². The SMILES string of the molecule is COc1ccc(-[n+]2[nH]oc(=O)c2SCC(=O)Nc2ccc(C)c(Cl)c2)cc1. The summed E-state index contributed by atoms with van der Waals surface area (Å²) in [6, 6.07) is 12.3. The van der Waals surface area contributed by atoms with Gasteiger partial charge >= 0.3 is 10.7 Å². The zero-order chi connectivity index (χ0) is 19.4. The van der Waals surface area contributed by atoms with Gasteiger partial charge < -0.3 is 10.1 Å². The predicted molar refractivity (Wildman–Crippen MR) is 103 cm³/mol. The second-order valence-electron chi connectivity index (χ2n) is 5.62. The van der Waals surface area contributed by atoms with E-state index in [1.165, 1.54) is 4.68 Å². The Morgan fingerprint density at radius 1 is 1.30 bits per heavy atom. The minimum Gasteiger partial charge on any atom is -0.497 e. The van der Waals surface area contributed by atoms with Gasteiger partial charge in [0.15, 0.2) is 0 Å². The molecule has 7 nitrogen and oxygen atoms in total. The third kappa shape index (κ3) is 4.53. The molecule has 0 fully saturated rings. The lowest BCUT2D eigenvalue weighted by Gasteiger charge is -2.05. The number of ether oxygens (including phenoxy) is 1. The van der Waals surface area contributed by atoms with Gasteiger partial charge in [0, 0.05) is 22.8 Å². The smallest absolute Gasteiger partial charge is 0.442 e. The van der Waals surface area contributed by atoms with Gasteiger partial charge in [-0.1, -0.05) is 17.7 Å². The Hall–Kier alpha value is -2.71. The fourth-order valence-corrected chi connectivity index (χ4v) is 3.24. The first-order valence-electron chi connectivity index (χ1n) is 7.94. The summed E-state index contributed by atoms with van der Waals surface area (Å²) < 4.78 is 11.5. The maximum Gasteiger partial charge on any atom is 0.442 e. The Bertz CT molecular complexity index is 1010. The van der Waals surface area contributed by atoms with Gasteiger partial charge in [0.25, 0.3) is 0 Å². The van der Waals surface area contributed by atoms with Gasteiger partial charge in [-0.2, -0.15) is 0 Å². The molecule has 0 aliphatic heterocycles. The number of benzene rings is 2. The summed E-state index contributed by atoms with van der Waals surface area (Å²) in [5, 5.41) is 6.12. The number of carbonyl (C=O) groups is 1. The Morgan fingerprint density at radius 2 is 2.04 bits per heavy atom. The Balaban J connectivity index is 1.70. The molecule has 0 aliphatic rings. The molecule has 0 radical (unpaired) electrons. The van der Waals surface area contributed by atoms with Crippen LogP contribution in [0.3, 0.4) is 0 Å². The first-order chi connectivity index (χ1) is 13.0. The first kappa shape index (κ1) is 19.1. The lowest BCUT2D eigenvalue weighted by atomic mass is 10.2. The lowest BCUT2D eigenvalue weighted by Crippen LogP contribution is -2.36. The fraction of sp³-hybridized carbons (Fsp3) is 0.167. The minimum absolute atomic E-state index is 0.0320. The number of carbonyl (C=O) groups excluding carboxylic acids is 1. The second kappa shape index (κ2) is 8.32. The summed E-state index contributed by atoms with van der Waals surface area (Å²) >= 11 is 7.13. The molecule has 3 rings (SSSR count). The van der Waals surface area contributed by atoms with Crippen molar-refractivity contribution in [2.24, 2.45) is 0 Å². The number of nitrogens with one attached hydrogen (secondary N) is 2. The molecule has 0 bridgehead atoms. The minimum atomic E-state index is -0.554. The largest absolute Gasteiger partial charge is 0.497 e. The number of hydrogen-bond donors (Lipinski definition) is 2. The van der Waals surface area contributed by atoms with E-state index in [1.54, 1.807) is 43.5 Å². The predicted octanol–water partition coefficient (Wildman–Crippen LogP) is 2.95. The third-order valence-corrected chi connectivity index (χ3v) is 5.17. The van der Waals surface area contributed by atoms with Gasteiger partial charge in [-0.3, -0.25) is 9.32 Å². The van der Waals surface area contributed by atoms with E-state index in [-0.39, 0.29) is 16.7 Å². The summed E-state index contributed by atoms with van der Waals surface area (Å²) in [5.41, 5.74) is 1.65. The Morgan fingerprint density at radius 3 is 2.70 bits per heavy atom. The average Bonchev–Trinajstić information content (AvgIpc) is 3.03. The summed E-state index contributed by atoms with van der Waals surface area (Å²) in [5.74, 6) is 0.460. The quantitative estimate of drug-likeness (QED) is 0.485. The van der Waals surface area contributed by atoms with Crippen LogP contribution in [0.15, 0.2) is 56.8 Å². The van der Waals surface area contributed by atoms with Gasteiger partial charge in [0.1, 0.15) is 5.75 Å². The summed E-state index contributed by atoms with van der Waals surface area (Å²) in [6.07, 6.45) is 0. The summed E-state index contributed by atoms with van der Waals surface area (Å²) in [4.78, 5) is 24.2. The van der Waals surface area contributed by atoms with Crippen LogP contribution in [0.25, 0.3) is 5.69 Å². The van der Waals surface area contributed by atoms with Crippen molar-refractivity contribution >= 4 is 35.0 Å². The van der Waals surface area contributed by atoms with E-state index in [2.05, 4.69) is 10.6 Å². The standard InChI is InChI=1S/C18H16ClN3O4S/c1-11-3-4-12(9-15(11)19)20-16(23)10-27-17-18(24)26-21-22(17)13-5-7-14(25-2)8-6-13/h3-9H,10H2,1-2H3,(H-,20,21,23,24)/p+1. The molecule has 0 unspecified atom stereocenters. The molecular weight excluding hydrogens is 390 g/mol. The van der Waals surface area contributed by atoms with E-state index in [0.717, 1.165) is 17.3 Å². The molecule has 1 aromatic heterocycles. The Kier molecular flexibility index (Phi) is 5.88. The highest BCUT2D eigenvalue weighted by Gasteiger charge is 2.25. The van der Waals surface area contributed by atoms with Crippen LogP contribution in [0.2, 0.25) is 5.02 Å². The third-order valence-electron chi connectivity index (χ3n) is 3.73. The van der Waals surface area contributed by atoms with Crippen LogP contribution in [0.5, 0.6) is 5.75 Å². The molecule has 0 spiro atoms. The highest BCUT2D eigenvalue weighted by Crippen LogP contribution is 2.20. The van der Waals surface area contributed by atoms with Gasteiger partial charge in [-0.05, 0) is 58.5 Å². The molecule has 0 aliphatic carbocycles. The fourth-order valence-electron chi connectivity index (χ4n) is 2.29. The molecule has 0 saturated heterocycles. The molecule has 0 atom stereocenters. The van der Waals surface area contributed by atoms with Crippen molar-refractivity contribution in [1.82, 2.24) is 5.27 Å². The topological polar surface area (TPSA) is 88.2 Å². The lowest BCUT2D eigenvalue weighted by molar-refractivity contribution is -0.704. The van der Waals surface area contributed by atoms with Crippen molar-refractivity contribution < 1.29 is 18.7 Å². The average molecular weight is 407 g/mol. The van der Waals surface area contributed by atoms with Crippen LogP contribution in [0, 0.1) is 6.92 Å². The van der Waals surface area contributed by atoms with E-state index >= 15 is 0 Å². The van der Waals surface area contributed by atoms with E-state index in [0.29, 0.717) is 22.1 Å². The molecular formula is C18H17ClN3O4S+. The molecule has 9 heteroatoms. The molecule has 3 aromatic rings. The van der Waals surface area contributed by atoms with Crippen LogP contribution >= 0.6 is 23.4 Å². The number of nitrogens with zero attached hydrogens (tertiary/aromatic N) is 1. The van der Waals surface area contributed by atoms with Crippen molar-refractivity contribution in [2.75, 3.05) is 18.2 Å². The highest BCUT2D eigenvalue weighted by molar-refractivity contribution is 7.99. The molecule has 0 saturated carbocycles. The molecule has 140 valence electrons. The number of thioether (sulfide) groups is 1. The number of rotatable bonds is 6. The van der Waals surface area contributed by atoms with Crippen molar-refractivity contribution in [3.8, 4) is 11.4 Å². The monoisotopic (exact) mass is 406 g/mol. The number of H-pyrrole nitrogens is 1. The number of hydrogen-bond acceptors (Lipinski definition) is 5. The molecule has 27 heavy (non-hydrogen) atoms. The number of amides is 1. The van der Waals surface area contributed by atoms with Gasteiger partial charge in [-0.15, -0.1) is 0 Å². The number of halogens is 1. The van der Waals surface area contributed by atoms with Crippen LogP contribution in [0.4, 0.5) is 5.69 Å². The van der Waals surface area contributed by atoms with Crippen LogP contribution < -0.4 is 20.4 Å². The van der Waals surface area contributed by atoms with Crippen LogP contribution in [-0.4, -0.2) is 24.0 Å². The van der Waals surface area contributed by atoms with Crippen molar-refractivity contribution in [1.29, 1.82) is 0 Å². The highest BCUT2D eigenvalue weighted by atomic mass is 35.5.